The van der Waals surface area contributed by atoms with Crippen LogP contribution in [-0.2, 0) is 14.3 Å². The van der Waals surface area contributed by atoms with E-state index in [-0.39, 0.29) is 18.8 Å². The molecule has 62 valence electrons. The second-order valence-electron chi connectivity index (χ2n) is 2.04. The van der Waals surface area contributed by atoms with E-state index in [4.69, 9.17) is 0 Å². The Kier molecular flexibility index (Phi) is 5.07. The van der Waals surface area contributed by atoms with Crippen LogP contribution in [0.25, 0.3) is 0 Å². The van der Waals surface area contributed by atoms with Crippen LogP contribution in [0, 0.1) is 0 Å². The molecule has 0 spiro atoms. The molecule has 0 atom stereocenters. The lowest BCUT2D eigenvalue weighted by atomic mass is 10.2. The zero-order valence-electron chi connectivity index (χ0n) is 6.63. The molecule has 0 bridgehead atoms. The van der Waals surface area contributed by atoms with Gasteiger partial charge in [-0.1, -0.05) is 19.6 Å². The van der Waals surface area contributed by atoms with Crippen molar-refractivity contribution < 1.29 is 14.3 Å². The number of Topliss-reactive ketones (excluding diaryl/α,β-unsaturated/α-hetero) is 1. The molecule has 0 saturated heterocycles. The monoisotopic (exact) mass is 156 g/mol. The highest BCUT2D eigenvalue weighted by atomic mass is 16.5. The van der Waals surface area contributed by atoms with E-state index in [1.165, 1.54) is 6.08 Å². The van der Waals surface area contributed by atoms with E-state index in [1.807, 2.05) is 0 Å². The van der Waals surface area contributed by atoms with E-state index < -0.39 is 5.97 Å². The molecule has 0 aromatic rings. The van der Waals surface area contributed by atoms with Gasteiger partial charge in [0.25, 0.3) is 0 Å². The molecule has 0 fully saturated rings. The third-order valence-electron chi connectivity index (χ3n) is 1.10. The van der Waals surface area contributed by atoms with Gasteiger partial charge in [-0.25, -0.2) is 0 Å². The van der Waals surface area contributed by atoms with Crippen LogP contribution < -0.4 is 0 Å². The molecule has 0 N–H and O–H groups in total. The first-order chi connectivity index (χ1) is 5.20. The van der Waals surface area contributed by atoms with Gasteiger partial charge in [0.05, 0.1) is 0 Å². The summed E-state index contributed by atoms with van der Waals surface area (Å²) in [5, 5.41) is 0. The number of ether oxygens (including phenoxy) is 1. The van der Waals surface area contributed by atoms with Crippen LogP contribution in [0.3, 0.4) is 0 Å². The number of hydrogen-bond acceptors (Lipinski definition) is 3. The Balaban J connectivity index is 3.51. The second-order valence-corrected chi connectivity index (χ2v) is 2.04. The Bertz CT molecular complexity index is 161. The molecule has 0 rings (SSSR count). The number of carbonyl (C=O) groups is 2. The summed E-state index contributed by atoms with van der Waals surface area (Å²) >= 11 is 0. The van der Waals surface area contributed by atoms with Crippen molar-refractivity contribution in [1.29, 1.82) is 0 Å². The van der Waals surface area contributed by atoms with Crippen LogP contribution in [0.1, 0.15) is 19.8 Å². The van der Waals surface area contributed by atoms with Crippen molar-refractivity contribution in [3.8, 4) is 0 Å². The Labute approximate surface area is 66.0 Å². The van der Waals surface area contributed by atoms with Gasteiger partial charge in [0.1, 0.15) is 18.8 Å². The van der Waals surface area contributed by atoms with E-state index >= 15 is 0 Å². The smallest absolute Gasteiger partial charge is 0.313 e. The van der Waals surface area contributed by atoms with Gasteiger partial charge in [-0.2, -0.15) is 0 Å². The third kappa shape index (κ3) is 5.33. The SMILES string of the molecule is C=CCOC(=O)CC(=O)CC. The molecule has 0 heterocycles. The normalized spacial score (nSPS) is 8.82. The summed E-state index contributed by atoms with van der Waals surface area (Å²) in [5.41, 5.74) is 0. The molecule has 0 saturated carbocycles. The molecule has 3 heteroatoms. The largest absolute Gasteiger partial charge is 0.461 e. The van der Waals surface area contributed by atoms with E-state index in [0.29, 0.717) is 6.42 Å². The number of ketones is 1. The molecule has 0 aliphatic rings. The number of esters is 1. The van der Waals surface area contributed by atoms with Crippen LogP contribution in [0.4, 0.5) is 0 Å². The third-order valence-corrected chi connectivity index (χ3v) is 1.10. The van der Waals surface area contributed by atoms with Crippen LogP contribution in [-0.4, -0.2) is 18.4 Å². The molecular weight excluding hydrogens is 144 g/mol. The Morgan fingerprint density at radius 1 is 1.55 bits per heavy atom. The summed E-state index contributed by atoms with van der Waals surface area (Å²) in [6.07, 6.45) is 1.72. The molecule has 11 heavy (non-hydrogen) atoms. The lowest BCUT2D eigenvalue weighted by molar-refractivity contribution is -0.144. The molecule has 0 amide bonds. The van der Waals surface area contributed by atoms with Crippen molar-refractivity contribution >= 4 is 11.8 Å². The lowest BCUT2D eigenvalue weighted by Gasteiger charge is -1.98. The topological polar surface area (TPSA) is 43.4 Å². The summed E-state index contributed by atoms with van der Waals surface area (Å²) in [7, 11) is 0. The van der Waals surface area contributed by atoms with Gasteiger partial charge < -0.3 is 4.74 Å². The van der Waals surface area contributed by atoms with Gasteiger partial charge in [-0.3, -0.25) is 9.59 Å². The van der Waals surface area contributed by atoms with Crippen LogP contribution in [0.5, 0.6) is 0 Å². The minimum Gasteiger partial charge on any atom is -0.461 e. The first-order valence-corrected chi connectivity index (χ1v) is 3.49. The van der Waals surface area contributed by atoms with Crippen molar-refractivity contribution in [1.82, 2.24) is 0 Å². The predicted molar refractivity (Wildman–Crippen MR) is 41.1 cm³/mol. The van der Waals surface area contributed by atoms with Crippen LogP contribution >= 0.6 is 0 Å². The summed E-state index contributed by atoms with van der Waals surface area (Å²) in [5.74, 6) is -0.573. The molecule has 0 radical (unpaired) electrons. The van der Waals surface area contributed by atoms with Gasteiger partial charge in [-0.15, -0.1) is 0 Å². The summed E-state index contributed by atoms with van der Waals surface area (Å²) in [6.45, 7) is 5.26. The number of rotatable bonds is 5. The van der Waals surface area contributed by atoms with Gasteiger partial charge in [-0.05, 0) is 0 Å². The average molecular weight is 156 g/mol. The zero-order chi connectivity index (χ0) is 8.69. The first kappa shape index (κ1) is 9.88. The second kappa shape index (κ2) is 5.65. The van der Waals surface area contributed by atoms with Crippen LogP contribution in [0.15, 0.2) is 12.7 Å². The maximum atomic E-state index is 10.7. The number of hydrogen-bond donors (Lipinski definition) is 0. The molecular formula is C8H12O3. The predicted octanol–water partition coefficient (Wildman–Crippen LogP) is 1.08. The van der Waals surface area contributed by atoms with Gasteiger partial charge in [0, 0.05) is 6.42 Å². The van der Waals surface area contributed by atoms with Crippen molar-refractivity contribution in [3.05, 3.63) is 12.7 Å². The zero-order valence-corrected chi connectivity index (χ0v) is 6.63. The lowest BCUT2D eigenvalue weighted by Crippen LogP contribution is -2.10. The molecule has 0 aliphatic heterocycles. The van der Waals surface area contributed by atoms with Crippen LogP contribution in [0.2, 0.25) is 0 Å². The molecule has 0 aliphatic carbocycles. The fourth-order valence-electron chi connectivity index (χ4n) is 0.489. The first-order valence-electron chi connectivity index (χ1n) is 3.49. The fraction of sp³-hybridized carbons (Fsp3) is 0.500. The highest BCUT2D eigenvalue weighted by Gasteiger charge is 2.06. The maximum Gasteiger partial charge on any atom is 0.313 e. The minimum atomic E-state index is -0.475. The van der Waals surface area contributed by atoms with E-state index in [0.717, 1.165) is 0 Å². The molecule has 0 aromatic heterocycles. The van der Waals surface area contributed by atoms with E-state index in [9.17, 15) is 9.59 Å². The summed E-state index contributed by atoms with van der Waals surface area (Å²) in [4.78, 5) is 21.3. The van der Waals surface area contributed by atoms with Gasteiger partial charge in [0.15, 0.2) is 0 Å². The van der Waals surface area contributed by atoms with Gasteiger partial charge in [0.2, 0.25) is 0 Å². The molecule has 0 unspecified atom stereocenters. The Hall–Kier alpha value is -1.12. The van der Waals surface area contributed by atoms with Crippen molar-refractivity contribution in [2.45, 2.75) is 19.8 Å². The maximum absolute atomic E-state index is 10.7. The molecule has 3 nitrogen and oxygen atoms in total. The summed E-state index contributed by atoms with van der Waals surface area (Å²) < 4.78 is 4.59. The highest BCUT2D eigenvalue weighted by molar-refractivity contribution is 5.95. The Morgan fingerprint density at radius 3 is 2.64 bits per heavy atom. The van der Waals surface area contributed by atoms with Crippen molar-refractivity contribution in [2.24, 2.45) is 0 Å². The van der Waals surface area contributed by atoms with Crippen molar-refractivity contribution in [3.63, 3.8) is 0 Å². The van der Waals surface area contributed by atoms with E-state index in [2.05, 4.69) is 11.3 Å². The van der Waals surface area contributed by atoms with E-state index in [1.54, 1.807) is 6.92 Å². The fourth-order valence-corrected chi connectivity index (χ4v) is 0.489. The molecule has 0 aromatic carbocycles. The number of carbonyl (C=O) groups excluding carboxylic acids is 2. The average Bonchev–Trinajstić information content (AvgIpc) is 2.00. The van der Waals surface area contributed by atoms with Gasteiger partial charge >= 0.3 is 5.97 Å². The minimum absolute atomic E-state index is 0.0981. The highest BCUT2D eigenvalue weighted by Crippen LogP contribution is 1.91. The quantitative estimate of drug-likeness (QED) is 0.340. The van der Waals surface area contributed by atoms with Crippen molar-refractivity contribution in [2.75, 3.05) is 6.61 Å². The Morgan fingerprint density at radius 2 is 2.18 bits per heavy atom. The summed E-state index contributed by atoms with van der Waals surface area (Å²) in [6, 6.07) is 0. The standard InChI is InChI=1S/C8H12O3/c1-3-5-11-8(10)6-7(9)4-2/h3H,1,4-6H2,2H3.